The number of carbonyl (C=O) groups is 3. The smallest absolute Gasteiger partial charge is 0.306 e. The molecule has 74 heavy (non-hydrogen) atoms. The minimum Gasteiger partial charge on any atom is -0.462 e. The molecule has 0 aliphatic rings. The van der Waals surface area contributed by atoms with Crippen molar-refractivity contribution in [3.8, 4) is 0 Å². The standard InChI is InChI=1S/C68H122O6/c1-4-7-10-13-16-19-22-25-28-31-32-33-34-35-36-38-40-43-46-49-52-55-58-61-67(70)73-64-65(63-72-66(69)60-57-54-51-48-45-42-39-30-27-24-21-18-15-12-9-6-3)74-68(71)62-59-56-53-50-47-44-41-37-29-26-23-20-17-14-11-8-5-2/h22,25-26,29-32,34-35,39,65H,4-21,23-24,27-28,33,36-38,40-64H2,1-3H3/b25-22-,29-26-,32-31-,35-34-,39-30-. The van der Waals surface area contributed by atoms with Gasteiger partial charge in [-0.25, -0.2) is 0 Å². The Bertz CT molecular complexity index is 1330. The van der Waals surface area contributed by atoms with E-state index >= 15 is 0 Å². The third-order valence-corrected chi connectivity index (χ3v) is 14.2. The van der Waals surface area contributed by atoms with Crippen LogP contribution in [0.3, 0.4) is 0 Å². The minimum absolute atomic E-state index is 0.0809. The summed E-state index contributed by atoms with van der Waals surface area (Å²) >= 11 is 0. The van der Waals surface area contributed by atoms with E-state index in [2.05, 4.69) is 81.5 Å². The first-order chi connectivity index (χ1) is 36.5. The first-order valence-corrected chi connectivity index (χ1v) is 32.3. The van der Waals surface area contributed by atoms with Crippen LogP contribution in [-0.4, -0.2) is 37.2 Å². The van der Waals surface area contributed by atoms with Crippen molar-refractivity contribution in [2.45, 2.75) is 341 Å². The summed E-state index contributed by atoms with van der Waals surface area (Å²) in [6, 6.07) is 0. The van der Waals surface area contributed by atoms with Gasteiger partial charge in [-0.1, -0.05) is 268 Å². The van der Waals surface area contributed by atoms with Crippen LogP contribution < -0.4 is 0 Å². The van der Waals surface area contributed by atoms with Crippen molar-refractivity contribution in [3.63, 3.8) is 0 Å². The molecule has 0 N–H and O–H groups in total. The first-order valence-electron chi connectivity index (χ1n) is 32.3. The average molecular weight is 1040 g/mol. The van der Waals surface area contributed by atoms with Crippen molar-refractivity contribution in [2.24, 2.45) is 0 Å². The average Bonchev–Trinajstić information content (AvgIpc) is 3.40. The lowest BCUT2D eigenvalue weighted by molar-refractivity contribution is -0.167. The van der Waals surface area contributed by atoms with E-state index in [1.165, 1.54) is 212 Å². The summed E-state index contributed by atoms with van der Waals surface area (Å²) in [6.45, 7) is 6.65. The van der Waals surface area contributed by atoms with Gasteiger partial charge in [-0.15, -0.1) is 0 Å². The van der Waals surface area contributed by atoms with Crippen LogP contribution in [0.4, 0.5) is 0 Å². The zero-order valence-corrected chi connectivity index (χ0v) is 49.4. The van der Waals surface area contributed by atoms with Gasteiger partial charge in [-0.2, -0.15) is 0 Å². The summed E-state index contributed by atoms with van der Waals surface area (Å²) in [5, 5.41) is 0. The van der Waals surface area contributed by atoms with Gasteiger partial charge in [0, 0.05) is 19.3 Å². The number of unbranched alkanes of at least 4 members (excludes halogenated alkanes) is 38. The van der Waals surface area contributed by atoms with E-state index in [4.69, 9.17) is 14.2 Å². The Hall–Kier alpha value is -2.89. The van der Waals surface area contributed by atoms with Gasteiger partial charge in [-0.3, -0.25) is 14.4 Å². The van der Waals surface area contributed by atoms with Gasteiger partial charge in [-0.05, 0) is 109 Å². The van der Waals surface area contributed by atoms with Gasteiger partial charge in [0.15, 0.2) is 6.10 Å². The van der Waals surface area contributed by atoms with Crippen LogP contribution in [0, 0.1) is 0 Å². The Kier molecular flexibility index (Phi) is 60.2. The molecule has 6 nitrogen and oxygen atoms in total. The predicted octanol–water partition coefficient (Wildman–Crippen LogP) is 21.9. The number of esters is 3. The molecule has 0 aromatic heterocycles. The van der Waals surface area contributed by atoms with Crippen LogP contribution in [0.2, 0.25) is 0 Å². The molecule has 1 atom stereocenters. The van der Waals surface area contributed by atoms with Crippen LogP contribution in [0.15, 0.2) is 60.8 Å². The van der Waals surface area contributed by atoms with Crippen molar-refractivity contribution in [1.29, 1.82) is 0 Å². The quantitative estimate of drug-likeness (QED) is 0.0261. The van der Waals surface area contributed by atoms with Crippen molar-refractivity contribution in [2.75, 3.05) is 13.2 Å². The van der Waals surface area contributed by atoms with Crippen LogP contribution in [0.5, 0.6) is 0 Å². The van der Waals surface area contributed by atoms with Gasteiger partial charge in [0.05, 0.1) is 0 Å². The minimum atomic E-state index is -0.784. The molecule has 0 bridgehead atoms. The van der Waals surface area contributed by atoms with E-state index in [0.29, 0.717) is 19.3 Å². The van der Waals surface area contributed by atoms with Crippen molar-refractivity contribution < 1.29 is 28.6 Å². The first kappa shape index (κ1) is 71.1. The molecule has 0 spiro atoms. The molecule has 0 heterocycles. The Morgan fingerprint density at radius 1 is 0.270 bits per heavy atom. The SMILES string of the molecule is CCCCCCC/C=C\C/C=C\C/C=C\CCCCCCCCCCC(=O)OCC(COC(=O)CCCCCCC/C=C\CCCCCCCCC)OC(=O)CCCCCCCCC/C=C\CCCCCCCC. The molecule has 6 heteroatoms. The summed E-state index contributed by atoms with van der Waals surface area (Å²) in [5.41, 5.74) is 0. The summed E-state index contributed by atoms with van der Waals surface area (Å²) in [4.78, 5) is 38.3. The Balaban J connectivity index is 4.36. The van der Waals surface area contributed by atoms with E-state index in [0.717, 1.165) is 83.5 Å². The molecular weight excluding hydrogens is 913 g/mol. The Morgan fingerprint density at radius 2 is 0.486 bits per heavy atom. The fraction of sp³-hybridized carbons (Fsp3) is 0.809. The van der Waals surface area contributed by atoms with Crippen LogP contribution in [0.1, 0.15) is 335 Å². The lowest BCUT2D eigenvalue weighted by Crippen LogP contribution is -2.30. The normalized spacial score (nSPS) is 12.4. The van der Waals surface area contributed by atoms with Gasteiger partial charge in [0.1, 0.15) is 13.2 Å². The van der Waals surface area contributed by atoms with Gasteiger partial charge < -0.3 is 14.2 Å². The maximum Gasteiger partial charge on any atom is 0.306 e. The lowest BCUT2D eigenvalue weighted by Gasteiger charge is -2.18. The van der Waals surface area contributed by atoms with Crippen LogP contribution in [0.25, 0.3) is 0 Å². The molecule has 0 aliphatic carbocycles. The highest BCUT2D eigenvalue weighted by Crippen LogP contribution is 2.16. The number of carbonyl (C=O) groups excluding carboxylic acids is 3. The van der Waals surface area contributed by atoms with Gasteiger partial charge >= 0.3 is 17.9 Å². The van der Waals surface area contributed by atoms with E-state index in [1.807, 2.05) is 0 Å². The molecule has 0 aliphatic heterocycles. The highest BCUT2D eigenvalue weighted by molar-refractivity contribution is 5.71. The highest BCUT2D eigenvalue weighted by Gasteiger charge is 2.19. The molecule has 0 saturated carbocycles. The van der Waals surface area contributed by atoms with E-state index in [-0.39, 0.29) is 31.1 Å². The number of rotatable bonds is 59. The van der Waals surface area contributed by atoms with Crippen LogP contribution >= 0.6 is 0 Å². The van der Waals surface area contributed by atoms with Gasteiger partial charge in [0.2, 0.25) is 0 Å². The van der Waals surface area contributed by atoms with E-state index in [1.54, 1.807) is 0 Å². The number of hydrogen-bond donors (Lipinski definition) is 0. The van der Waals surface area contributed by atoms with Crippen molar-refractivity contribution in [1.82, 2.24) is 0 Å². The van der Waals surface area contributed by atoms with E-state index in [9.17, 15) is 14.4 Å². The summed E-state index contributed by atoms with van der Waals surface area (Å²) in [5.74, 6) is -0.883. The molecule has 0 fully saturated rings. The summed E-state index contributed by atoms with van der Waals surface area (Å²) in [7, 11) is 0. The zero-order valence-electron chi connectivity index (χ0n) is 49.4. The highest BCUT2D eigenvalue weighted by atomic mass is 16.6. The maximum atomic E-state index is 12.9. The topological polar surface area (TPSA) is 78.9 Å². The molecule has 0 rings (SSSR count). The number of ether oxygens (including phenoxy) is 3. The molecule has 0 aromatic rings. The van der Waals surface area contributed by atoms with Crippen molar-refractivity contribution >= 4 is 17.9 Å². The molecule has 0 radical (unpaired) electrons. The largest absolute Gasteiger partial charge is 0.462 e. The second-order valence-corrected chi connectivity index (χ2v) is 21.7. The third-order valence-electron chi connectivity index (χ3n) is 14.2. The monoisotopic (exact) mass is 1030 g/mol. The van der Waals surface area contributed by atoms with Crippen molar-refractivity contribution in [3.05, 3.63) is 60.8 Å². The second kappa shape index (κ2) is 62.6. The fourth-order valence-corrected chi connectivity index (χ4v) is 9.32. The lowest BCUT2D eigenvalue weighted by atomic mass is 10.1. The Morgan fingerprint density at radius 3 is 0.770 bits per heavy atom. The second-order valence-electron chi connectivity index (χ2n) is 21.7. The van der Waals surface area contributed by atoms with Crippen LogP contribution in [-0.2, 0) is 28.6 Å². The third kappa shape index (κ3) is 60.0. The van der Waals surface area contributed by atoms with E-state index < -0.39 is 6.10 Å². The molecule has 0 saturated heterocycles. The molecule has 0 aromatic carbocycles. The zero-order chi connectivity index (χ0) is 53.6. The predicted molar refractivity (Wildman–Crippen MR) is 321 cm³/mol. The summed E-state index contributed by atoms with van der Waals surface area (Å²) < 4.78 is 16.9. The molecule has 430 valence electrons. The van der Waals surface area contributed by atoms with Gasteiger partial charge in [0.25, 0.3) is 0 Å². The fourth-order valence-electron chi connectivity index (χ4n) is 9.32. The molecular formula is C68H122O6. The summed E-state index contributed by atoms with van der Waals surface area (Å²) in [6.07, 6.45) is 79.3. The number of allylic oxidation sites excluding steroid dienone is 10. The Labute approximate surface area is 460 Å². The number of hydrogen-bond acceptors (Lipinski definition) is 6. The molecule has 1 unspecified atom stereocenters. The maximum absolute atomic E-state index is 12.9. The molecule has 0 amide bonds.